The zero-order valence-corrected chi connectivity index (χ0v) is 15.8. The van der Waals surface area contributed by atoms with Gasteiger partial charge in [-0.1, -0.05) is 25.4 Å². The molecule has 0 radical (unpaired) electrons. The van der Waals surface area contributed by atoms with Crippen molar-refractivity contribution in [3.8, 4) is 0 Å². The quantitative estimate of drug-likeness (QED) is 0.782. The zero-order chi connectivity index (χ0) is 16.8. The molecule has 0 saturated carbocycles. The number of piperidine rings is 1. The molecular weight excluding hydrogens is 328 g/mol. The number of benzene rings is 1. The van der Waals surface area contributed by atoms with Crippen LogP contribution in [0.5, 0.6) is 0 Å². The Labute approximate surface area is 149 Å². The summed E-state index contributed by atoms with van der Waals surface area (Å²) >= 11 is 7.47. The third-order valence-corrected chi connectivity index (χ3v) is 5.42. The van der Waals surface area contributed by atoms with E-state index < -0.39 is 0 Å². The number of carbonyl (C=O) groups is 1. The van der Waals surface area contributed by atoms with E-state index >= 15 is 0 Å². The molecule has 0 aromatic heterocycles. The second-order valence-electron chi connectivity index (χ2n) is 6.69. The number of thioether (sulfide) groups is 1. The molecule has 3 nitrogen and oxygen atoms in total. The number of likely N-dealkylation sites (tertiary alicyclic amines) is 1. The summed E-state index contributed by atoms with van der Waals surface area (Å²) in [4.78, 5) is 15.9. The maximum atomic E-state index is 12.4. The molecule has 1 fully saturated rings. The summed E-state index contributed by atoms with van der Waals surface area (Å²) in [6.07, 6.45) is 2.10. The van der Waals surface area contributed by atoms with E-state index in [1.165, 1.54) is 0 Å². The van der Waals surface area contributed by atoms with E-state index in [-0.39, 0.29) is 11.2 Å². The molecule has 1 N–H and O–H groups in total. The maximum absolute atomic E-state index is 12.4. The van der Waals surface area contributed by atoms with Crippen LogP contribution in [0.2, 0.25) is 5.02 Å². The van der Waals surface area contributed by atoms with Crippen molar-refractivity contribution in [2.24, 2.45) is 5.92 Å². The van der Waals surface area contributed by atoms with Crippen molar-refractivity contribution in [1.29, 1.82) is 0 Å². The normalized spacial score (nSPS) is 18.1. The molecule has 1 aromatic rings. The van der Waals surface area contributed by atoms with Gasteiger partial charge in [0.15, 0.2) is 0 Å². The van der Waals surface area contributed by atoms with Crippen molar-refractivity contribution in [3.63, 3.8) is 0 Å². The Morgan fingerprint density at radius 2 is 1.87 bits per heavy atom. The molecule has 1 atom stereocenters. The fourth-order valence-corrected chi connectivity index (χ4v) is 3.87. The van der Waals surface area contributed by atoms with Crippen LogP contribution in [0, 0.1) is 5.92 Å². The molecule has 0 aliphatic carbocycles. The largest absolute Gasteiger partial charge is 0.352 e. The third kappa shape index (κ3) is 6.36. The first-order valence-corrected chi connectivity index (χ1v) is 9.64. The van der Waals surface area contributed by atoms with Crippen LogP contribution in [0.15, 0.2) is 29.2 Å². The topological polar surface area (TPSA) is 32.3 Å². The SMILES string of the molecule is CC(C)CN1CCC(NC(=O)[C@H](C)Sc2ccc(Cl)cc2)CC1. The van der Waals surface area contributed by atoms with Crippen molar-refractivity contribution in [2.45, 2.75) is 49.8 Å². The first kappa shape index (κ1) is 18.6. The zero-order valence-electron chi connectivity index (χ0n) is 14.2. The lowest BCUT2D eigenvalue weighted by Gasteiger charge is -2.33. The van der Waals surface area contributed by atoms with Gasteiger partial charge in [0.25, 0.3) is 0 Å². The number of halogens is 1. The summed E-state index contributed by atoms with van der Waals surface area (Å²) in [5.74, 6) is 0.837. The fourth-order valence-electron chi connectivity index (χ4n) is 2.87. The molecule has 1 aliphatic rings. The van der Waals surface area contributed by atoms with E-state index in [1.807, 2.05) is 31.2 Å². The van der Waals surface area contributed by atoms with Gasteiger partial charge in [-0.25, -0.2) is 0 Å². The van der Waals surface area contributed by atoms with Gasteiger partial charge in [-0.15, -0.1) is 11.8 Å². The van der Waals surface area contributed by atoms with Crippen molar-refractivity contribution in [3.05, 3.63) is 29.3 Å². The van der Waals surface area contributed by atoms with E-state index in [0.29, 0.717) is 12.0 Å². The van der Waals surface area contributed by atoms with E-state index in [1.54, 1.807) is 11.8 Å². The van der Waals surface area contributed by atoms with Crippen LogP contribution >= 0.6 is 23.4 Å². The maximum Gasteiger partial charge on any atom is 0.233 e. The molecular formula is C18H27ClN2OS. The minimum absolute atomic E-state index is 0.0927. The summed E-state index contributed by atoms with van der Waals surface area (Å²) in [5.41, 5.74) is 0. The monoisotopic (exact) mass is 354 g/mol. The Balaban J connectivity index is 1.75. The molecule has 5 heteroatoms. The van der Waals surface area contributed by atoms with Crippen LogP contribution in [-0.4, -0.2) is 41.7 Å². The van der Waals surface area contributed by atoms with E-state index in [2.05, 4.69) is 24.1 Å². The summed E-state index contributed by atoms with van der Waals surface area (Å²) < 4.78 is 0. The predicted octanol–water partition coefficient (Wildman–Crippen LogP) is 4.06. The average molecular weight is 355 g/mol. The van der Waals surface area contributed by atoms with Crippen molar-refractivity contribution >= 4 is 29.3 Å². The Morgan fingerprint density at radius 3 is 2.43 bits per heavy atom. The third-order valence-electron chi connectivity index (χ3n) is 4.05. The van der Waals surface area contributed by atoms with Crippen molar-refractivity contribution in [1.82, 2.24) is 10.2 Å². The highest BCUT2D eigenvalue weighted by molar-refractivity contribution is 8.00. The van der Waals surface area contributed by atoms with E-state index in [0.717, 1.165) is 42.4 Å². The molecule has 23 heavy (non-hydrogen) atoms. The van der Waals surface area contributed by atoms with Crippen molar-refractivity contribution < 1.29 is 4.79 Å². The number of hydrogen-bond donors (Lipinski definition) is 1. The van der Waals surface area contributed by atoms with Crippen LogP contribution in [0.1, 0.15) is 33.6 Å². The fraction of sp³-hybridized carbons (Fsp3) is 0.611. The minimum Gasteiger partial charge on any atom is -0.352 e. The Morgan fingerprint density at radius 1 is 1.26 bits per heavy atom. The number of nitrogens with one attached hydrogen (secondary N) is 1. The van der Waals surface area contributed by atoms with E-state index in [9.17, 15) is 4.79 Å². The summed E-state index contributed by atoms with van der Waals surface area (Å²) in [7, 11) is 0. The van der Waals surface area contributed by atoms with Gasteiger partial charge in [0.05, 0.1) is 5.25 Å². The van der Waals surface area contributed by atoms with Crippen LogP contribution < -0.4 is 5.32 Å². The number of carbonyl (C=O) groups excluding carboxylic acids is 1. The van der Waals surface area contributed by atoms with Crippen LogP contribution in [0.4, 0.5) is 0 Å². The standard InChI is InChI=1S/C18H27ClN2OS/c1-13(2)12-21-10-8-16(9-11-21)20-18(22)14(3)23-17-6-4-15(19)5-7-17/h4-7,13-14,16H,8-12H2,1-3H3,(H,20,22)/t14-/m0/s1. The smallest absolute Gasteiger partial charge is 0.233 e. The van der Waals surface area contributed by atoms with Gasteiger partial charge in [0.1, 0.15) is 0 Å². The van der Waals surface area contributed by atoms with Crippen LogP contribution in [-0.2, 0) is 4.79 Å². The highest BCUT2D eigenvalue weighted by atomic mass is 35.5. The van der Waals surface area contributed by atoms with Gasteiger partial charge in [-0.2, -0.15) is 0 Å². The summed E-state index contributed by atoms with van der Waals surface area (Å²) in [5, 5.41) is 3.84. The molecule has 2 rings (SSSR count). The number of rotatable bonds is 6. The minimum atomic E-state index is -0.0927. The van der Waals surface area contributed by atoms with Gasteiger partial charge in [-0.3, -0.25) is 4.79 Å². The lowest BCUT2D eigenvalue weighted by atomic mass is 10.0. The Hall–Kier alpha value is -0.710. The number of nitrogens with zero attached hydrogens (tertiary/aromatic N) is 1. The molecule has 1 saturated heterocycles. The number of amides is 1. The van der Waals surface area contributed by atoms with Gasteiger partial charge < -0.3 is 10.2 Å². The molecule has 1 aromatic carbocycles. The molecule has 1 amide bonds. The van der Waals surface area contributed by atoms with Crippen molar-refractivity contribution in [2.75, 3.05) is 19.6 Å². The molecule has 1 aliphatic heterocycles. The second-order valence-corrected chi connectivity index (χ2v) is 8.54. The van der Waals surface area contributed by atoms with E-state index in [4.69, 9.17) is 11.6 Å². The first-order valence-electron chi connectivity index (χ1n) is 8.39. The van der Waals surface area contributed by atoms with Crippen LogP contribution in [0.3, 0.4) is 0 Å². The average Bonchev–Trinajstić information content (AvgIpc) is 2.51. The molecule has 0 unspecified atom stereocenters. The molecule has 0 spiro atoms. The van der Waals surface area contributed by atoms with Gasteiger partial charge in [0.2, 0.25) is 5.91 Å². The second kappa shape index (κ2) is 8.95. The lowest BCUT2D eigenvalue weighted by Crippen LogP contribution is -2.47. The first-order chi connectivity index (χ1) is 10.9. The predicted molar refractivity (Wildman–Crippen MR) is 99.2 cm³/mol. The van der Waals surface area contributed by atoms with Gasteiger partial charge >= 0.3 is 0 Å². The Bertz CT molecular complexity index is 498. The van der Waals surface area contributed by atoms with Gasteiger partial charge in [0, 0.05) is 35.6 Å². The molecule has 128 valence electrons. The lowest BCUT2D eigenvalue weighted by molar-refractivity contribution is -0.121. The Kier molecular flexibility index (Phi) is 7.25. The summed E-state index contributed by atoms with van der Waals surface area (Å²) in [6, 6.07) is 7.96. The number of hydrogen-bond acceptors (Lipinski definition) is 3. The molecule has 0 bridgehead atoms. The van der Waals surface area contributed by atoms with Gasteiger partial charge in [-0.05, 0) is 49.9 Å². The molecule has 1 heterocycles. The summed E-state index contributed by atoms with van der Waals surface area (Å²) in [6.45, 7) is 9.79. The van der Waals surface area contributed by atoms with Crippen LogP contribution in [0.25, 0.3) is 0 Å². The highest BCUT2D eigenvalue weighted by Gasteiger charge is 2.23. The highest BCUT2D eigenvalue weighted by Crippen LogP contribution is 2.25.